The summed E-state index contributed by atoms with van der Waals surface area (Å²) in [5.74, 6) is -0.191. The number of nitrogens with one attached hydrogen (secondary N) is 1. The number of urea groups is 1. The van der Waals surface area contributed by atoms with E-state index < -0.39 is 5.41 Å². The van der Waals surface area contributed by atoms with Crippen molar-refractivity contribution in [1.29, 1.82) is 0 Å². The van der Waals surface area contributed by atoms with Gasteiger partial charge in [0, 0.05) is 32.0 Å². The minimum atomic E-state index is -0.631. The molecule has 0 aromatic carbocycles. The normalized spacial score (nSPS) is 24.9. The van der Waals surface area contributed by atoms with Crippen LogP contribution in [0.5, 0.6) is 0 Å². The average molecular weight is 294 g/mol. The number of amides is 2. The van der Waals surface area contributed by atoms with E-state index in [1.165, 1.54) is 7.11 Å². The lowest BCUT2D eigenvalue weighted by Crippen LogP contribution is -2.42. The molecule has 1 fully saturated rings. The minimum Gasteiger partial charge on any atom is -0.469 e. The van der Waals surface area contributed by atoms with Crippen LogP contribution in [0.1, 0.15) is 13.8 Å². The van der Waals surface area contributed by atoms with Crippen LogP contribution in [0.4, 0.5) is 4.79 Å². The number of likely N-dealkylation sites (tertiary alicyclic amines) is 1. The molecule has 0 spiro atoms. The summed E-state index contributed by atoms with van der Waals surface area (Å²) in [4.78, 5) is 25.7. The number of ether oxygens (including phenoxy) is 1. The molecule has 1 aromatic rings. The number of hydrogen-bond acceptors (Lipinski definition) is 4. The molecule has 2 amide bonds. The van der Waals surface area contributed by atoms with Crippen LogP contribution in [0.3, 0.4) is 0 Å². The molecule has 0 unspecified atom stereocenters. The lowest BCUT2D eigenvalue weighted by Gasteiger charge is -2.24. The highest BCUT2D eigenvalue weighted by Gasteiger charge is 2.48. The molecule has 1 aliphatic rings. The molecule has 2 atom stereocenters. The van der Waals surface area contributed by atoms with Gasteiger partial charge in [-0.2, -0.15) is 5.10 Å². The van der Waals surface area contributed by atoms with Gasteiger partial charge in [0.2, 0.25) is 0 Å². The predicted octanol–water partition coefficient (Wildman–Crippen LogP) is 0.724. The van der Waals surface area contributed by atoms with E-state index in [4.69, 9.17) is 4.74 Å². The number of carbonyl (C=O) groups is 2. The van der Waals surface area contributed by atoms with E-state index in [1.54, 1.807) is 15.8 Å². The maximum atomic E-state index is 12.2. The standard InChI is InChI=1S/C14H22N4O3/c1-11-9-17(10-14(11,2)12(19)21-3)13(20)15-6-8-18-7-4-5-16-18/h4-5,7,11H,6,8-10H2,1-3H3,(H,15,20)/t11-,14-/m1/s1. The van der Waals surface area contributed by atoms with Gasteiger partial charge in [-0.05, 0) is 18.9 Å². The van der Waals surface area contributed by atoms with Gasteiger partial charge in [-0.3, -0.25) is 9.48 Å². The summed E-state index contributed by atoms with van der Waals surface area (Å²) in [7, 11) is 1.38. The zero-order chi connectivity index (χ0) is 15.5. The number of methoxy groups -OCH3 is 1. The molecule has 0 aliphatic carbocycles. The van der Waals surface area contributed by atoms with Crippen molar-refractivity contribution in [2.45, 2.75) is 20.4 Å². The summed E-state index contributed by atoms with van der Waals surface area (Å²) in [5.41, 5.74) is -0.631. The van der Waals surface area contributed by atoms with Crippen LogP contribution in [0.15, 0.2) is 18.5 Å². The fourth-order valence-corrected chi connectivity index (χ4v) is 2.62. The molecule has 0 saturated carbocycles. The third kappa shape index (κ3) is 3.17. The summed E-state index contributed by atoms with van der Waals surface area (Å²) >= 11 is 0. The number of rotatable bonds is 4. The number of hydrogen-bond donors (Lipinski definition) is 1. The summed E-state index contributed by atoms with van der Waals surface area (Å²) < 4.78 is 6.61. The van der Waals surface area contributed by atoms with Gasteiger partial charge >= 0.3 is 12.0 Å². The zero-order valence-corrected chi connectivity index (χ0v) is 12.7. The Bertz CT molecular complexity index is 502. The summed E-state index contributed by atoms with van der Waals surface area (Å²) in [5, 5.41) is 6.92. The Kier molecular flexibility index (Phi) is 4.50. The molecule has 1 aromatic heterocycles. The van der Waals surface area contributed by atoms with Gasteiger partial charge in [0.25, 0.3) is 0 Å². The maximum Gasteiger partial charge on any atom is 0.317 e. The quantitative estimate of drug-likeness (QED) is 0.830. The molecule has 21 heavy (non-hydrogen) atoms. The molecule has 1 aliphatic heterocycles. The van der Waals surface area contributed by atoms with E-state index in [0.29, 0.717) is 26.2 Å². The van der Waals surface area contributed by atoms with Gasteiger partial charge in [0.15, 0.2) is 0 Å². The highest BCUT2D eigenvalue weighted by atomic mass is 16.5. The molecule has 7 heteroatoms. The number of carbonyl (C=O) groups excluding carboxylic acids is 2. The van der Waals surface area contributed by atoms with E-state index in [-0.39, 0.29) is 17.9 Å². The van der Waals surface area contributed by atoms with Crippen molar-refractivity contribution in [3.8, 4) is 0 Å². The van der Waals surface area contributed by atoms with Crippen molar-refractivity contribution in [2.75, 3.05) is 26.7 Å². The van der Waals surface area contributed by atoms with E-state index in [2.05, 4.69) is 10.4 Å². The first-order chi connectivity index (χ1) is 9.97. The Labute approximate surface area is 124 Å². The first-order valence-electron chi connectivity index (χ1n) is 7.06. The van der Waals surface area contributed by atoms with Crippen LogP contribution in [0.2, 0.25) is 0 Å². The smallest absolute Gasteiger partial charge is 0.317 e. The van der Waals surface area contributed by atoms with Gasteiger partial charge < -0.3 is 15.0 Å². The molecule has 0 radical (unpaired) electrons. The fraction of sp³-hybridized carbons (Fsp3) is 0.643. The van der Waals surface area contributed by atoms with Gasteiger partial charge in [-0.1, -0.05) is 6.92 Å². The Balaban J connectivity index is 1.85. The lowest BCUT2D eigenvalue weighted by atomic mass is 9.81. The van der Waals surface area contributed by atoms with Crippen molar-refractivity contribution in [2.24, 2.45) is 11.3 Å². The second kappa shape index (κ2) is 6.15. The van der Waals surface area contributed by atoms with E-state index >= 15 is 0 Å². The molecular formula is C14H22N4O3. The molecule has 1 saturated heterocycles. The molecule has 2 rings (SSSR count). The Morgan fingerprint density at radius 1 is 1.52 bits per heavy atom. The second-order valence-electron chi connectivity index (χ2n) is 5.69. The van der Waals surface area contributed by atoms with Crippen LogP contribution in [0.25, 0.3) is 0 Å². The van der Waals surface area contributed by atoms with Crippen LogP contribution in [-0.4, -0.2) is 53.4 Å². The lowest BCUT2D eigenvalue weighted by molar-refractivity contribution is -0.152. The maximum absolute atomic E-state index is 12.2. The van der Waals surface area contributed by atoms with Crippen LogP contribution >= 0.6 is 0 Å². The number of aromatic nitrogens is 2. The summed E-state index contributed by atoms with van der Waals surface area (Å²) in [6, 6.07) is 1.69. The van der Waals surface area contributed by atoms with Crippen LogP contribution in [-0.2, 0) is 16.1 Å². The fourth-order valence-electron chi connectivity index (χ4n) is 2.62. The second-order valence-corrected chi connectivity index (χ2v) is 5.69. The number of nitrogens with zero attached hydrogens (tertiary/aromatic N) is 3. The summed E-state index contributed by atoms with van der Waals surface area (Å²) in [6.45, 7) is 5.87. The first kappa shape index (κ1) is 15.3. The third-order valence-corrected chi connectivity index (χ3v) is 4.22. The van der Waals surface area contributed by atoms with Crippen LogP contribution in [0, 0.1) is 11.3 Å². The van der Waals surface area contributed by atoms with E-state index in [0.717, 1.165) is 0 Å². The van der Waals surface area contributed by atoms with Crippen LogP contribution < -0.4 is 5.32 Å². The Hall–Kier alpha value is -2.05. The van der Waals surface area contributed by atoms with Gasteiger partial charge in [0.05, 0.1) is 19.1 Å². The van der Waals surface area contributed by atoms with Gasteiger partial charge in [-0.25, -0.2) is 4.79 Å². The van der Waals surface area contributed by atoms with Crippen molar-refractivity contribution in [3.05, 3.63) is 18.5 Å². The zero-order valence-electron chi connectivity index (χ0n) is 12.7. The summed E-state index contributed by atoms with van der Waals surface area (Å²) in [6.07, 6.45) is 3.55. The predicted molar refractivity (Wildman–Crippen MR) is 76.5 cm³/mol. The first-order valence-corrected chi connectivity index (χ1v) is 7.06. The van der Waals surface area contributed by atoms with Crippen molar-refractivity contribution in [1.82, 2.24) is 20.0 Å². The van der Waals surface area contributed by atoms with Crippen molar-refractivity contribution < 1.29 is 14.3 Å². The Morgan fingerprint density at radius 3 is 2.90 bits per heavy atom. The largest absolute Gasteiger partial charge is 0.469 e. The van der Waals surface area contributed by atoms with E-state index in [9.17, 15) is 9.59 Å². The SMILES string of the molecule is COC(=O)[C@]1(C)CN(C(=O)NCCn2cccn2)C[C@H]1C. The average Bonchev–Trinajstić information content (AvgIpc) is 3.07. The molecular weight excluding hydrogens is 272 g/mol. The Morgan fingerprint density at radius 2 is 2.29 bits per heavy atom. The van der Waals surface area contributed by atoms with E-state index in [1.807, 2.05) is 26.1 Å². The molecule has 116 valence electrons. The van der Waals surface area contributed by atoms with Crippen molar-refractivity contribution in [3.63, 3.8) is 0 Å². The molecule has 1 N–H and O–H groups in total. The number of esters is 1. The topological polar surface area (TPSA) is 76.5 Å². The molecule has 2 heterocycles. The van der Waals surface area contributed by atoms with Crippen molar-refractivity contribution >= 4 is 12.0 Å². The minimum absolute atomic E-state index is 0.0711. The molecule has 7 nitrogen and oxygen atoms in total. The molecule has 0 bridgehead atoms. The van der Waals surface area contributed by atoms with Gasteiger partial charge in [0.1, 0.15) is 0 Å². The highest BCUT2D eigenvalue weighted by Crippen LogP contribution is 2.36. The third-order valence-electron chi connectivity index (χ3n) is 4.22. The van der Waals surface area contributed by atoms with Gasteiger partial charge in [-0.15, -0.1) is 0 Å². The highest BCUT2D eigenvalue weighted by molar-refractivity contribution is 5.81. The monoisotopic (exact) mass is 294 g/mol.